The Balaban J connectivity index is 1.69. The van der Waals surface area contributed by atoms with E-state index in [0.717, 1.165) is 32.8 Å². The van der Waals surface area contributed by atoms with Crippen molar-refractivity contribution in [3.63, 3.8) is 0 Å². The third-order valence-electron chi connectivity index (χ3n) is 4.33. The summed E-state index contributed by atoms with van der Waals surface area (Å²) in [7, 11) is 0. The molecule has 3 aromatic carbocycles. The van der Waals surface area contributed by atoms with E-state index in [0.29, 0.717) is 11.7 Å². The maximum Gasteiger partial charge on any atom is 0.258 e. The maximum atomic E-state index is 5.56. The Labute approximate surface area is 143 Å². The summed E-state index contributed by atoms with van der Waals surface area (Å²) in [6.45, 7) is 0. The van der Waals surface area contributed by atoms with Gasteiger partial charge in [0.2, 0.25) is 5.82 Å². The van der Waals surface area contributed by atoms with E-state index in [4.69, 9.17) is 4.52 Å². The van der Waals surface area contributed by atoms with Gasteiger partial charge in [0.1, 0.15) is 5.69 Å². The van der Waals surface area contributed by atoms with Gasteiger partial charge in [-0.1, -0.05) is 65.8 Å². The topological polar surface area (TPSA) is 51.8 Å². The second-order valence-electron chi connectivity index (χ2n) is 5.83. The van der Waals surface area contributed by atoms with Gasteiger partial charge in [0, 0.05) is 17.1 Å². The molecule has 0 fully saturated rings. The molecule has 2 heterocycles. The highest BCUT2D eigenvalue weighted by Gasteiger charge is 2.15. The molecule has 2 aromatic heterocycles. The summed E-state index contributed by atoms with van der Waals surface area (Å²) in [5.74, 6) is 1.00. The quantitative estimate of drug-likeness (QED) is 0.453. The number of benzene rings is 3. The molecule has 0 saturated carbocycles. The average molecular weight is 323 g/mol. The molecule has 0 aliphatic rings. The van der Waals surface area contributed by atoms with Crippen LogP contribution in [0.1, 0.15) is 0 Å². The molecule has 0 amide bonds. The van der Waals surface area contributed by atoms with Gasteiger partial charge in [-0.25, -0.2) is 0 Å². The Bertz CT molecular complexity index is 1110. The van der Waals surface area contributed by atoms with Gasteiger partial charge in [-0.2, -0.15) is 4.98 Å². The predicted octanol–water partition coefficient (Wildman–Crippen LogP) is 5.11. The number of hydrogen-bond donors (Lipinski definition) is 0. The molecule has 0 saturated heterocycles. The van der Waals surface area contributed by atoms with Gasteiger partial charge < -0.3 is 4.52 Å². The number of fused-ring (bicyclic) bond motifs is 2. The molecule has 0 atom stereocenters. The van der Waals surface area contributed by atoms with Crippen LogP contribution in [0.2, 0.25) is 0 Å². The van der Waals surface area contributed by atoms with Gasteiger partial charge in [0.15, 0.2) is 0 Å². The first kappa shape index (κ1) is 13.9. The molecule has 5 aromatic rings. The summed E-state index contributed by atoms with van der Waals surface area (Å²) < 4.78 is 5.56. The average Bonchev–Trinajstić information content (AvgIpc) is 3.17. The van der Waals surface area contributed by atoms with Crippen molar-refractivity contribution >= 4 is 21.5 Å². The van der Waals surface area contributed by atoms with E-state index in [2.05, 4.69) is 33.3 Å². The van der Waals surface area contributed by atoms with Crippen LogP contribution in [-0.4, -0.2) is 15.1 Å². The molecule has 4 nitrogen and oxygen atoms in total. The van der Waals surface area contributed by atoms with Crippen molar-refractivity contribution in [3.05, 3.63) is 79.0 Å². The minimum Gasteiger partial charge on any atom is -0.334 e. The minimum atomic E-state index is 0.500. The highest BCUT2D eigenvalue weighted by molar-refractivity contribution is 5.96. The van der Waals surface area contributed by atoms with E-state index in [1.54, 1.807) is 6.20 Å². The lowest BCUT2D eigenvalue weighted by Crippen LogP contribution is -1.88. The summed E-state index contributed by atoms with van der Waals surface area (Å²) in [4.78, 5) is 9.07. The zero-order valence-corrected chi connectivity index (χ0v) is 13.3. The largest absolute Gasteiger partial charge is 0.334 e. The number of pyridine rings is 1. The molecule has 0 unspecified atom stereocenters. The Morgan fingerprint density at radius 2 is 1.40 bits per heavy atom. The third-order valence-corrected chi connectivity index (χ3v) is 4.33. The van der Waals surface area contributed by atoms with Crippen LogP contribution in [0.15, 0.2) is 83.5 Å². The molecule has 5 rings (SSSR count). The molecule has 0 N–H and O–H groups in total. The van der Waals surface area contributed by atoms with Crippen molar-refractivity contribution in [1.29, 1.82) is 0 Å². The molecular weight excluding hydrogens is 310 g/mol. The molecule has 25 heavy (non-hydrogen) atoms. The molecule has 0 spiro atoms. The fraction of sp³-hybridized carbons (Fsp3) is 0. The first-order valence-corrected chi connectivity index (χ1v) is 8.06. The number of hydrogen-bond acceptors (Lipinski definition) is 4. The minimum absolute atomic E-state index is 0.500. The second kappa shape index (κ2) is 5.53. The van der Waals surface area contributed by atoms with Crippen LogP contribution >= 0.6 is 0 Å². The normalized spacial score (nSPS) is 11.2. The van der Waals surface area contributed by atoms with Gasteiger partial charge in [-0.05, 0) is 28.3 Å². The monoisotopic (exact) mass is 323 g/mol. The molecule has 0 aliphatic heterocycles. The van der Waals surface area contributed by atoms with Gasteiger partial charge >= 0.3 is 0 Å². The van der Waals surface area contributed by atoms with Gasteiger partial charge in [0.25, 0.3) is 5.89 Å². The lowest BCUT2D eigenvalue weighted by molar-refractivity contribution is 0.432. The molecular formula is C21H13N3O. The molecule has 0 radical (unpaired) electrons. The van der Waals surface area contributed by atoms with E-state index in [1.807, 2.05) is 54.6 Å². The number of nitrogens with zero attached hydrogens (tertiary/aromatic N) is 3. The zero-order valence-electron chi connectivity index (χ0n) is 13.3. The Morgan fingerprint density at radius 1 is 0.680 bits per heavy atom. The highest BCUT2D eigenvalue weighted by atomic mass is 16.5. The van der Waals surface area contributed by atoms with E-state index in [-0.39, 0.29) is 0 Å². The summed E-state index contributed by atoms with van der Waals surface area (Å²) >= 11 is 0. The first-order chi connectivity index (χ1) is 12.4. The second-order valence-corrected chi connectivity index (χ2v) is 5.83. The third kappa shape index (κ3) is 2.27. The summed E-state index contributed by atoms with van der Waals surface area (Å²) in [6.07, 6.45) is 1.77. The Hall–Kier alpha value is -3.53. The zero-order chi connectivity index (χ0) is 16.6. The van der Waals surface area contributed by atoms with Crippen LogP contribution in [0.25, 0.3) is 44.5 Å². The molecule has 4 heteroatoms. The fourth-order valence-electron chi connectivity index (χ4n) is 3.14. The van der Waals surface area contributed by atoms with Gasteiger partial charge in [-0.3, -0.25) is 4.98 Å². The summed E-state index contributed by atoms with van der Waals surface area (Å²) in [5, 5.41) is 8.51. The molecule has 0 bridgehead atoms. The van der Waals surface area contributed by atoms with Crippen molar-refractivity contribution in [3.8, 4) is 23.0 Å². The molecule has 118 valence electrons. The summed E-state index contributed by atoms with van der Waals surface area (Å²) in [5.41, 5.74) is 1.66. The molecule has 0 aliphatic carbocycles. The maximum absolute atomic E-state index is 5.56. The standard InChI is InChI=1S/C21H13N3O/c1-3-9-16-14(6-1)8-5-11-18(16)21-23-20(24-25-21)19-17-10-4-2-7-15(17)12-13-22-19/h1-13H. The number of rotatable bonds is 2. The van der Waals surface area contributed by atoms with E-state index < -0.39 is 0 Å². The van der Waals surface area contributed by atoms with E-state index in [1.165, 1.54) is 0 Å². The van der Waals surface area contributed by atoms with Crippen LogP contribution < -0.4 is 0 Å². The van der Waals surface area contributed by atoms with E-state index >= 15 is 0 Å². The van der Waals surface area contributed by atoms with Crippen molar-refractivity contribution in [2.75, 3.05) is 0 Å². The van der Waals surface area contributed by atoms with Crippen LogP contribution in [0.4, 0.5) is 0 Å². The lowest BCUT2D eigenvalue weighted by Gasteiger charge is -2.02. The van der Waals surface area contributed by atoms with Crippen molar-refractivity contribution in [1.82, 2.24) is 15.1 Å². The SMILES string of the molecule is c1ccc2c(-c3nc(-c4nccc5ccccc45)no3)cccc2c1. The van der Waals surface area contributed by atoms with Crippen LogP contribution in [0.3, 0.4) is 0 Å². The van der Waals surface area contributed by atoms with Crippen molar-refractivity contribution in [2.45, 2.75) is 0 Å². The lowest BCUT2D eigenvalue weighted by atomic mass is 10.0. The van der Waals surface area contributed by atoms with Crippen LogP contribution in [-0.2, 0) is 0 Å². The van der Waals surface area contributed by atoms with Crippen molar-refractivity contribution < 1.29 is 4.52 Å². The van der Waals surface area contributed by atoms with Crippen LogP contribution in [0, 0.1) is 0 Å². The smallest absolute Gasteiger partial charge is 0.258 e. The van der Waals surface area contributed by atoms with Crippen molar-refractivity contribution in [2.24, 2.45) is 0 Å². The fourth-order valence-corrected chi connectivity index (χ4v) is 3.14. The van der Waals surface area contributed by atoms with Gasteiger partial charge in [0.05, 0.1) is 0 Å². The Kier molecular flexibility index (Phi) is 3.07. The predicted molar refractivity (Wildman–Crippen MR) is 98.0 cm³/mol. The summed E-state index contributed by atoms with van der Waals surface area (Å²) in [6, 6.07) is 24.3. The Morgan fingerprint density at radius 3 is 2.28 bits per heavy atom. The number of aromatic nitrogens is 3. The first-order valence-electron chi connectivity index (χ1n) is 8.06. The van der Waals surface area contributed by atoms with Gasteiger partial charge in [-0.15, -0.1) is 0 Å². The van der Waals surface area contributed by atoms with E-state index in [9.17, 15) is 0 Å². The van der Waals surface area contributed by atoms with Crippen LogP contribution in [0.5, 0.6) is 0 Å². The highest BCUT2D eigenvalue weighted by Crippen LogP contribution is 2.30.